The minimum absolute atomic E-state index is 0.120. The molecule has 0 heterocycles. The van der Waals surface area contributed by atoms with Gasteiger partial charge in [-0.1, -0.05) is 25.1 Å². The third-order valence-electron chi connectivity index (χ3n) is 3.09. The first-order valence-electron chi connectivity index (χ1n) is 6.75. The van der Waals surface area contributed by atoms with E-state index in [-0.39, 0.29) is 11.7 Å². The van der Waals surface area contributed by atoms with Gasteiger partial charge in [0, 0.05) is 12.0 Å². The van der Waals surface area contributed by atoms with Crippen LogP contribution >= 0.6 is 0 Å². The number of hydrogen-bond acceptors (Lipinski definition) is 3. The molecule has 0 spiro atoms. The second kappa shape index (κ2) is 6.87. The predicted octanol–water partition coefficient (Wildman–Crippen LogP) is 3.65. The van der Waals surface area contributed by atoms with Gasteiger partial charge in [0.1, 0.15) is 11.5 Å². The minimum atomic E-state index is 0.120. The predicted molar refractivity (Wildman–Crippen MR) is 80.1 cm³/mol. The summed E-state index contributed by atoms with van der Waals surface area (Å²) in [7, 11) is 0. The Morgan fingerprint density at radius 2 is 1.65 bits per heavy atom. The maximum absolute atomic E-state index is 12.0. The molecule has 2 aromatic carbocycles. The van der Waals surface area contributed by atoms with Crippen molar-refractivity contribution in [2.75, 3.05) is 6.54 Å². The smallest absolute Gasteiger partial charge is 0.163 e. The van der Waals surface area contributed by atoms with E-state index in [1.807, 2.05) is 49.4 Å². The van der Waals surface area contributed by atoms with Crippen molar-refractivity contribution >= 4 is 5.78 Å². The van der Waals surface area contributed by atoms with Crippen LogP contribution in [0.2, 0.25) is 0 Å². The zero-order chi connectivity index (χ0) is 14.4. The number of hydrogen-bond donors (Lipinski definition) is 1. The number of Topliss-reactive ketones (excluding diaryl/α,β-unsaturated/α-hetero) is 1. The van der Waals surface area contributed by atoms with Crippen molar-refractivity contribution in [2.24, 2.45) is 11.7 Å². The van der Waals surface area contributed by atoms with Gasteiger partial charge in [-0.05, 0) is 48.9 Å². The lowest BCUT2D eigenvalue weighted by Crippen LogP contribution is -2.15. The zero-order valence-corrected chi connectivity index (χ0v) is 11.6. The van der Waals surface area contributed by atoms with Crippen molar-refractivity contribution in [3.63, 3.8) is 0 Å². The number of benzene rings is 2. The summed E-state index contributed by atoms with van der Waals surface area (Å²) in [4.78, 5) is 12.0. The van der Waals surface area contributed by atoms with Gasteiger partial charge < -0.3 is 10.5 Å². The van der Waals surface area contributed by atoms with E-state index in [1.165, 1.54) is 0 Å². The van der Waals surface area contributed by atoms with Crippen LogP contribution in [0.25, 0.3) is 0 Å². The molecule has 3 heteroatoms. The van der Waals surface area contributed by atoms with Crippen LogP contribution in [0.4, 0.5) is 0 Å². The summed E-state index contributed by atoms with van der Waals surface area (Å²) in [5.41, 5.74) is 6.24. The molecule has 0 aliphatic carbocycles. The second-order valence-corrected chi connectivity index (χ2v) is 4.91. The molecule has 1 atom stereocenters. The van der Waals surface area contributed by atoms with Crippen LogP contribution in [0, 0.1) is 5.92 Å². The van der Waals surface area contributed by atoms with Gasteiger partial charge in [-0.15, -0.1) is 0 Å². The van der Waals surface area contributed by atoms with Gasteiger partial charge >= 0.3 is 0 Å². The molecule has 20 heavy (non-hydrogen) atoms. The Morgan fingerprint density at radius 3 is 2.25 bits per heavy atom. The van der Waals surface area contributed by atoms with Crippen LogP contribution in [-0.4, -0.2) is 12.3 Å². The Kier molecular flexibility index (Phi) is 4.91. The highest BCUT2D eigenvalue weighted by Crippen LogP contribution is 2.21. The van der Waals surface area contributed by atoms with Crippen molar-refractivity contribution in [1.29, 1.82) is 0 Å². The molecule has 2 rings (SSSR count). The van der Waals surface area contributed by atoms with E-state index in [4.69, 9.17) is 10.5 Å². The van der Waals surface area contributed by atoms with Gasteiger partial charge in [0.15, 0.2) is 5.78 Å². The van der Waals surface area contributed by atoms with Crippen molar-refractivity contribution in [3.8, 4) is 11.5 Å². The molecule has 0 amide bonds. The maximum Gasteiger partial charge on any atom is 0.163 e. The van der Waals surface area contributed by atoms with E-state index >= 15 is 0 Å². The quantitative estimate of drug-likeness (QED) is 0.814. The normalized spacial score (nSPS) is 11.9. The molecule has 0 aliphatic heterocycles. The highest BCUT2D eigenvalue weighted by Gasteiger charge is 2.10. The van der Waals surface area contributed by atoms with Gasteiger partial charge in [0.25, 0.3) is 0 Å². The number of nitrogens with two attached hydrogens (primary N) is 1. The molecule has 3 nitrogen and oxygen atoms in total. The maximum atomic E-state index is 12.0. The molecular weight excluding hydrogens is 250 g/mol. The van der Waals surface area contributed by atoms with Crippen LogP contribution in [0.1, 0.15) is 23.7 Å². The average Bonchev–Trinajstić information content (AvgIpc) is 2.49. The first kappa shape index (κ1) is 14.3. The molecule has 0 fully saturated rings. The third kappa shape index (κ3) is 3.93. The Morgan fingerprint density at radius 1 is 1.05 bits per heavy atom. The molecular formula is C17H19NO2. The van der Waals surface area contributed by atoms with E-state index in [1.54, 1.807) is 12.1 Å². The van der Waals surface area contributed by atoms with Crippen molar-refractivity contribution in [3.05, 3.63) is 60.2 Å². The van der Waals surface area contributed by atoms with Gasteiger partial charge in [-0.2, -0.15) is 0 Å². The monoisotopic (exact) mass is 269 g/mol. The standard InChI is InChI=1S/C17H19NO2/c1-13(12-18)11-17(19)14-7-9-16(10-8-14)20-15-5-3-2-4-6-15/h2-10,13H,11-12,18H2,1H3. The highest BCUT2D eigenvalue weighted by atomic mass is 16.5. The fraction of sp³-hybridized carbons (Fsp3) is 0.235. The molecule has 0 aliphatic rings. The Labute approximate surface area is 119 Å². The molecule has 0 bridgehead atoms. The van der Waals surface area contributed by atoms with Gasteiger partial charge in [0.2, 0.25) is 0 Å². The highest BCUT2D eigenvalue weighted by molar-refractivity contribution is 5.96. The van der Waals surface area contributed by atoms with E-state index in [0.29, 0.717) is 18.5 Å². The molecule has 0 aromatic heterocycles. The van der Waals surface area contributed by atoms with E-state index < -0.39 is 0 Å². The lowest BCUT2D eigenvalue weighted by atomic mass is 10.00. The molecule has 0 saturated carbocycles. The fourth-order valence-corrected chi connectivity index (χ4v) is 1.85. The number of carbonyl (C=O) groups is 1. The number of ketones is 1. The van der Waals surface area contributed by atoms with Crippen LogP contribution in [-0.2, 0) is 0 Å². The van der Waals surface area contributed by atoms with E-state index in [9.17, 15) is 4.79 Å². The van der Waals surface area contributed by atoms with E-state index in [0.717, 1.165) is 11.5 Å². The number of carbonyl (C=O) groups excluding carboxylic acids is 1. The zero-order valence-electron chi connectivity index (χ0n) is 11.6. The summed E-state index contributed by atoms with van der Waals surface area (Å²) >= 11 is 0. The molecule has 0 radical (unpaired) electrons. The topological polar surface area (TPSA) is 52.3 Å². The van der Waals surface area contributed by atoms with Crippen molar-refractivity contribution < 1.29 is 9.53 Å². The minimum Gasteiger partial charge on any atom is -0.457 e. The molecule has 0 saturated heterocycles. The van der Waals surface area contributed by atoms with Crippen LogP contribution in [0.15, 0.2) is 54.6 Å². The summed E-state index contributed by atoms with van der Waals surface area (Å²) in [6.07, 6.45) is 0.482. The average molecular weight is 269 g/mol. The van der Waals surface area contributed by atoms with Gasteiger partial charge in [0.05, 0.1) is 0 Å². The van der Waals surface area contributed by atoms with Crippen molar-refractivity contribution in [2.45, 2.75) is 13.3 Å². The third-order valence-corrected chi connectivity index (χ3v) is 3.09. The van der Waals surface area contributed by atoms with Crippen LogP contribution < -0.4 is 10.5 Å². The van der Waals surface area contributed by atoms with Crippen molar-refractivity contribution in [1.82, 2.24) is 0 Å². The van der Waals surface area contributed by atoms with Gasteiger partial charge in [-0.25, -0.2) is 0 Å². The summed E-state index contributed by atoms with van der Waals surface area (Å²) in [6, 6.07) is 16.8. The molecule has 2 aromatic rings. The van der Waals surface area contributed by atoms with Crippen LogP contribution in [0.3, 0.4) is 0 Å². The Hall–Kier alpha value is -2.13. The fourth-order valence-electron chi connectivity index (χ4n) is 1.85. The number of rotatable bonds is 6. The lowest BCUT2D eigenvalue weighted by Gasteiger charge is -2.08. The molecule has 1 unspecified atom stereocenters. The number of para-hydroxylation sites is 1. The largest absolute Gasteiger partial charge is 0.457 e. The Bertz CT molecular complexity index is 549. The lowest BCUT2D eigenvalue weighted by molar-refractivity contribution is 0.0966. The second-order valence-electron chi connectivity index (χ2n) is 4.91. The summed E-state index contributed by atoms with van der Waals surface area (Å²) < 4.78 is 5.68. The van der Waals surface area contributed by atoms with E-state index in [2.05, 4.69) is 0 Å². The summed E-state index contributed by atoms with van der Waals surface area (Å²) in [5, 5.41) is 0. The first-order valence-corrected chi connectivity index (χ1v) is 6.75. The van der Waals surface area contributed by atoms with Crippen LogP contribution in [0.5, 0.6) is 11.5 Å². The molecule has 104 valence electrons. The number of ether oxygens (including phenoxy) is 1. The molecule has 2 N–H and O–H groups in total. The SMILES string of the molecule is CC(CN)CC(=O)c1ccc(Oc2ccccc2)cc1. The Balaban J connectivity index is 2.01. The van der Waals surface area contributed by atoms with Gasteiger partial charge in [-0.3, -0.25) is 4.79 Å². The summed E-state index contributed by atoms with van der Waals surface area (Å²) in [5.74, 6) is 1.83. The first-order chi connectivity index (χ1) is 9.69. The summed E-state index contributed by atoms with van der Waals surface area (Å²) in [6.45, 7) is 2.51.